The highest BCUT2D eigenvalue weighted by Gasteiger charge is 2.19. The van der Waals surface area contributed by atoms with Crippen molar-refractivity contribution in [3.63, 3.8) is 0 Å². The van der Waals surface area contributed by atoms with E-state index in [9.17, 15) is 24.5 Å². The number of thioether (sulfide) groups is 1. The number of carbonyl (C=O) groups is 3. The second-order valence-electron chi connectivity index (χ2n) is 10.1. The van der Waals surface area contributed by atoms with Gasteiger partial charge in [-0.25, -0.2) is 0 Å². The maximum Gasteiger partial charge on any atom is 0.276 e. The van der Waals surface area contributed by atoms with Crippen LogP contribution in [-0.4, -0.2) is 34.5 Å². The first-order chi connectivity index (χ1) is 22.2. The molecule has 0 heterocycles. The molecule has 0 spiro atoms. The Hall–Kier alpha value is -5.42. The highest BCUT2D eigenvalue weighted by molar-refractivity contribution is 8.00. The van der Waals surface area contributed by atoms with Crippen LogP contribution < -0.4 is 20.7 Å². The molecule has 0 aliphatic carbocycles. The van der Waals surface area contributed by atoms with Gasteiger partial charge in [0.15, 0.2) is 0 Å². The van der Waals surface area contributed by atoms with E-state index < -0.39 is 22.0 Å². The molecule has 0 radical (unpaired) electrons. The number of hydrogen-bond acceptors (Lipinski definition) is 7. The Kier molecular flexibility index (Phi) is 12.1. The minimum atomic E-state index is -0.669. The largest absolute Gasteiger partial charge is 0.494 e. The van der Waals surface area contributed by atoms with Crippen molar-refractivity contribution in [2.75, 3.05) is 17.2 Å². The smallest absolute Gasteiger partial charge is 0.276 e. The third kappa shape index (κ3) is 9.80. The van der Waals surface area contributed by atoms with Crippen LogP contribution in [-0.2, 0) is 9.59 Å². The van der Waals surface area contributed by atoms with Crippen LogP contribution in [0.25, 0.3) is 6.08 Å². The van der Waals surface area contributed by atoms with Gasteiger partial charge in [0.2, 0.25) is 5.91 Å². The molecule has 1 atom stereocenters. The van der Waals surface area contributed by atoms with Crippen molar-refractivity contribution < 1.29 is 24.0 Å². The molecule has 1 unspecified atom stereocenters. The predicted molar refractivity (Wildman–Crippen MR) is 181 cm³/mol. The third-order valence-corrected chi connectivity index (χ3v) is 7.76. The maximum atomic E-state index is 13.3. The summed E-state index contributed by atoms with van der Waals surface area (Å²) in [5.74, 6) is -0.627. The molecule has 0 saturated carbocycles. The SMILES string of the molecule is CCCCOc1ccc(NC(=O)C(C)Sc2ccc(NC(=O)/C(=C/c3ccccc3[N+](=O)[O-])NC(=O)c3ccccc3)cc2)cc1. The molecule has 4 aromatic carbocycles. The molecular weight excluding hydrogens is 604 g/mol. The normalized spacial score (nSPS) is 11.7. The van der Waals surface area contributed by atoms with E-state index in [2.05, 4.69) is 22.9 Å². The van der Waals surface area contributed by atoms with Gasteiger partial charge in [-0.1, -0.05) is 43.7 Å². The molecule has 236 valence electrons. The molecule has 0 aliphatic rings. The second kappa shape index (κ2) is 16.6. The number of anilines is 2. The summed E-state index contributed by atoms with van der Waals surface area (Å²) in [7, 11) is 0. The van der Waals surface area contributed by atoms with Gasteiger partial charge in [0.05, 0.1) is 22.3 Å². The van der Waals surface area contributed by atoms with Crippen LogP contribution in [0.1, 0.15) is 42.6 Å². The average molecular weight is 639 g/mol. The van der Waals surface area contributed by atoms with Gasteiger partial charge in [0.25, 0.3) is 17.5 Å². The van der Waals surface area contributed by atoms with Crippen LogP contribution in [0, 0.1) is 10.1 Å². The molecule has 0 bridgehead atoms. The van der Waals surface area contributed by atoms with Gasteiger partial charge in [-0.2, -0.15) is 0 Å². The lowest BCUT2D eigenvalue weighted by Crippen LogP contribution is -2.30. The highest BCUT2D eigenvalue weighted by atomic mass is 32.2. The lowest BCUT2D eigenvalue weighted by Gasteiger charge is -2.14. The number of nitrogens with zero attached hydrogens (tertiary/aromatic N) is 1. The topological polar surface area (TPSA) is 140 Å². The molecule has 0 saturated heterocycles. The van der Waals surface area contributed by atoms with Crippen molar-refractivity contribution in [3.8, 4) is 5.75 Å². The monoisotopic (exact) mass is 638 g/mol. The summed E-state index contributed by atoms with van der Waals surface area (Å²) in [6, 6.07) is 28.4. The number of hydrogen-bond donors (Lipinski definition) is 3. The fourth-order valence-electron chi connectivity index (χ4n) is 4.16. The van der Waals surface area contributed by atoms with Crippen LogP contribution in [0.15, 0.2) is 114 Å². The number of nitro groups is 1. The number of unbranched alkanes of at least 4 members (excludes halogenated alkanes) is 1. The summed E-state index contributed by atoms with van der Waals surface area (Å²) in [6.45, 7) is 4.55. The first-order valence-electron chi connectivity index (χ1n) is 14.7. The van der Waals surface area contributed by atoms with E-state index >= 15 is 0 Å². The lowest BCUT2D eigenvalue weighted by molar-refractivity contribution is -0.385. The van der Waals surface area contributed by atoms with E-state index in [1.807, 2.05) is 12.1 Å². The fourth-order valence-corrected chi connectivity index (χ4v) is 5.03. The van der Waals surface area contributed by atoms with Crippen LogP contribution in [0.3, 0.4) is 0 Å². The summed E-state index contributed by atoms with van der Waals surface area (Å²) in [4.78, 5) is 50.8. The molecule has 3 amide bonds. The number of benzene rings is 4. The summed E-state index contributed by atoms with van der Waals surface area (Å²) in [6.07, 6.45) is 3.30. The Bertz CT molecular complexity index is 1690. The summed E-state index contributed by atoms with van der Waals surface area (Å²) in [5.41, 5.74) is 1.18. The maximum absolute atomic E-state index is 13.3. The van der Waals surface area contributed by atoms with Crippen LogP contribution in [0.5, 0.6) is 5.75 Å². The number of nitrogens with one attached hydrogen (secondary N) is 3. The van der Waals surface area contributed by atoms with Crippen molar-refractivity contribution >= 4 is 52.6 Å². The summed E-state index contributed by atoms with van der Waals surface area (Å²) >= 11 is 1.35. The second-order valence-corrected chi connectivity index (χ2v) is 11.6. The molecule has 0 aromatic heterocycles. The lowest BCUT2D eigenvalue weighted by atomic mass is 10.1. The van der Waals surface area contributed by atoms with E-state index in [0.29, 0.717) is 23.5 Å². The van der Waals surface area contributed by atoms with Gasteiger partial charge in [-0.3, -0.25) is 24.5 Å². The predicted octanol–water partition coefficient (Wildman–Crippen LogP) is 7.30. The zero-order chi connectivity index (χ0) is 32.9. The van der Waals surface area contributed by atoms with Crippen molar-refractivity contribution in [2.45, 2.75) is 36.8 Å². The Balaban J connectivity index is 1.41. The fraction of sp³-hybridized carbons (Fsp3) is 0.171. The van der Waals surface area contributed by atoms with Gasteiger partial charge in [0, 0.05) is 27.9 Å². The molecule has 46 heavy (non-hydrogen) atoms. The first kappa shape index (κ1) is 33.5. The van der Waals surface area contributed by atoms with E-state index in [1.165, 1.54) is 36.0 Å². The molecule has 10 nitrogen and oxygen atoms in total. The Morgan fingerprint density at radius 2 is 1.50 bits per heavy atom. The van der Waals surface area contributed by atoms with Crippen molar-refractivity contribution in [1.82, 2.24) is 5.32 Å². The van der Waals surface area contributed by atoms with E-state index in [0.717, 1.165) is 23.5 Å². The summed E-state index contributed by atoms with van der Waals surface area (Å²) in [5, 5.41) is 19.4. The molecule has 0 fully saturated rings. The van der Waals surface area contributed by atoms with Crippen LogP contribution >= 0.6 is 11.8 Å². The zero-order valence-corrected chi connectivity index (χ0v) is 26.2. The zero-order valence-electron chi connectivity index (χ0n) is 25.4. The quantitative estimate of drug-likeness (QED) is 0.0433. The third-order valence-electron chi connectivity index (χ3n) is 6.64. The van der Waals surface area contributed by atoms with Gasteiger partial charge >= 0.3 is 0 Å². The molecule has 4 rings (SSSR count). The highest BCUT2D eigenvalue weighted by Crippen LogP contribution is 2.27. The number of nitro benzene ring substituents is 1. The van der Waals surface area contributed by atoms with Gasteiger partial charge in [-0.15, -0.1) is 11.8 Å². The Morgan fingerprint density at radius 1 is 0.870 bits per heavy atom. The van der Waals surface area contributed by atoms with E-state index in [1.54, 1.807) is 79.7 Å². The molecule has 0 aliphatic heterocycles. The summed E-state index contributed by atoms with van der Waals surface area (Å²) < 4.78 is 5.67. The Labute approximate surface area is 271 Å². The number of para-hydroxylation sites is 1. The number of ether oxygens (including phenoxy) is 1. The van der Waals surface area contributed by atoms with E-state index in [4.69, 9.17) is 4.74 Å². The van der Waals surface area contributed by atoms with Gasteiger partial charge in [0.1, 0.15) is 11.4 Å². The minimum Gasteiger partial charge on any atom is -0.494 e. The number of carbonyl (C=O) groups excluding carboxylic acids is 3. The molecular formula is C35H34N4O6S. The first-order valence-corrected chi connectivity index (χ1v) is 15.5. The minimum absolute atomic E-state index is 0.154. The number of amides is 3. The Morgan fingerprint density at radius 3 is 2.17 bits per heavy atom. The van der Waals surface area contributed by atoms with Crippen molar-refractivity contribution in [1.29, 1.82) is 0 Å². The van der Waals surface area contributed by atoms with Crippen LogP contribution in [0.2, 0.25) is 0 Å². The molecule has 3 N–H and O–H groups in total. The van der Waals surface area contributed by atoms with Gasteiger partial charge in [-0.05, 0) is 86.2 Å². The van der Waals surface area contributed by atoms with E-state index in [-0.39, 0.29) is 22.9 Å². The molecule has 4 aromatic rings. The average Bonchev–Trinajstić information content (AvgIpc) is 3.06. The standard InChI is InChI=1S/C35H34N4O6S/c1-3-4-22-45-29-18-14-27(15-19-29)36-33(40)24(2)46-30-20-16-28(17-21-30)37-35(42)31(38-34(41)25-10-6-5-7-11-25)23-26-12-8-9-13-32(26)39(43)44/h5-21,23-24H,3-4,22H2,1-2H3,(H,36,40)(H,37,42)(H,38,41)/b31-23-. The van der Waals surface area contributed by atoms with Gasteiger partial charge < -0.3 is 20.7 Å². The van der Waals surface area contributed by atoms with Crippen molar-refractivity contribution in [3.05, 3.63) is 130 Å². The number of rotatable bonds is 14. The van der Waals surface area contributed by atoms with Crippen LogP contribution in [0.4, 0.5) is 17.1 Å². The molecule has 11 heteroatoms. The van der Waals surface area contributed by atoms with Crippen molar-refractivity contribution in [2.24, 2.45) is 0 Å².